The number of hydrogen-bond acceptors (Lipinski definition) is 7. The van der Waals surface area contributed by atoms with Gasteiger partial charge in [-0.1, -0.05) is 0 Å². The molecule has 2 unspecified atom stereocenters. The van der Waals surface area contributed by atoms with Gasteiger partial charge in [-0.25, -0.2) is 19.0 Å². The standard InChI is InChI=1S/C31H28FN7O3/c1-33-22-9-21(32)27(34-2)25-17(22)8-23-26(25)28(39-6-5-15-12-37(3)14-24(15)39)19(11-35-23)16-7-18-29(40)20(31(41)42)13-38(4)30(18)36-10-16/h7,9-11,13,15,24,33H,5-6,8,12,14H2,1,3-4H3,(H,41,42). The molecule has 212 valence electrons. The Morgan fingerprint density at radius 2 is 2.00 bits per heavy atom. The Hall–Kier alpha value is -4.82. The lowest BCUT2D eigenvalue weighted by atomic mass is 9.95. The number of benzene rings is 1. The van der Waals surface area contributed by atoms with Gasteiger partial charge in [0.05, 0.1) is 23.3 Å². The summed E-state index contributed by atoms with van der Waals surface area (Å²) in [6, 6.07) is 3.27. The second-order valence-electron chi connectivity index (χ2n) is 11.4. The van der Waals surface area contributed by atoms with Crippen molar-refractivity contribution in [2.24, 2.45) is 13.0 Å². The maximum Gasteiger partial charge on any atom is 0.341 e. The third kappa shape index (κ3) is 3.65. The quantitative estimate of drug-likeness (QED) is 0.313. The first-order chi connectivity index (χ1) is 20.2. The first-order valence-corrected chi connectivity index (χ1v) is 13.8. The summed E-state index contributed by atoms with van der Waals surface area (Å²) in [5, 5.41) is 12.9. The maximum atomic E-state index is 15.4. The zero-order valence-electron chi connectivity index (χ0n) is 23.4. The molecule has 10 nitrogen and oxygen atoms in total. The van der Waals surface area contributed by atoms with Gasteiger partial charge in [-0.3, -0.25) is 9.78 Å². The van der Waals surface area contributed by atoms with Crippen LogP contribution in [0.25, 0.3) is 38.1 Å². The second-order valence-corrected chi connectivity index (χ2v) is 11.4. The van der Waals surface area contributed by atoms with Crippen molar-refractivity contribution in [3.63, 3.8) is 0 Å². The molecule has 11 heteroatoms. The summed E-state index contributed by atoms with van der Waals surface area (Å²) in [6.45, 7) is 10.5. The van der Waals surface area contributed by atoms with Crippen LogP contribution in [0.1, 0.15) is 28.0 Å². The minimum atomic E-state index is -1.30. The molecule has 2 fully saturated rings. The number of nitrogens with zero attached hydrogens (tertiary/aromatic N) is 6. The predicted molar refractivity (Wildman–Crippen MR) is 158 cm³/mol. The van der Waals surface area contributed by atoms with Crippen molar-refractivity contribution in [3.05, 3.63) is 75.0 Å². The minimum Gasteiger partial charge on any atom is -0.477 e. The van der Waals surface area contributed by atoms with Crippen molar-refractivity contribution in [1.29, 1.82) is 0 Å². The van der Waals surface area contributed by atoms with Crippen LogP contribution in [0.15, 0.2) is 35.5 Å². The lowest BCUT2D eigenvalue weighted by molar-refractivity contribution is 0.0695. The molecular formula is C31H28FN7O3. The molecule has 2 aliphatic heterocycles. The highest BCUT2D eigenvalue weighted by atomic mass is 19.1. The topological polar surface area (TPSA) is 108 Å². The van der Waals surface area contributed by atoms with E-state index in [-0.39, 0.29) is 22.7 Å². The first kappa shape index (κ1) is 26.1. The van der Waals surface area contributed by atoms with E-state index in [4.69, 9.17) is 11.6 Å². The first-order valence-electron chi connectivity index (χ1n) is 13.8. The van der Waals surface area contributed by atoms with Crippen molar-refractivity contribution in [3.8, 4) is 22.3 Å². The molecule has 0 spiro atoms. The summed E-state index contributed by atoms with van der Waals surface area (Å²) < 4.78 is 16.9. The van der Waals surface area contributed by atoms with Crippen LogP contribution in [0, 0.1) is 18.3 Å². The van der Waals surface area contributed by atoms with E-state index in [9.17, 15) is 14.7 Å². The fourth-order valence-electron chi connectivity index (χ4n) is 7.19. The molecule has 0 saturated carbocycles. The Morgan fingerprint density at radius 1 is 1.19 bits per heavy atom. The molecule has 7 rings (SSSR count). The monoisotopic (exact) mass is 565 g/mol. The van der Waals surface area contributed by atoms with Crippen LogP contribution >= 0.6 is 0 Å². The molecule has 4 aromatic rings. The number of likely N-dealkylation sites (tertiary alicyclic amines) is 1. The van der Waals surface area contributed by atoms with Crippen LogP contribution in [0.3, 0.4) is 0 Å². The van der Waals surface area contributed by atoms with Crippen LogP contribution in [-0.4, -0.2) is 70.3 Å². The van der Waals surface area contributed by atoms with Crippen molar-refractivity contribution in [1.82, 2.24) is 19.4 Å². The molecule has 1 aromatic carbocycles. The van der Waals surface area contributed by atoms with Crippen LogP contribution in [0.4, 0.5) is 21.5 Å². The Bertz CT molecular complexity index is 1950. The van der Waals surface area contributed by atoms with Gasteiger partial charge in [0.15, 0.2) is 0 Å². The minimum absolute atomic E-state index is 0.0288. The number of fused-ring (bicyclic) bond motifs is 5. The van der Waals surface area contributed by atoms with Crippen LogP contribution in [0.2, 0.25) is 0 Å². The summed E-state index contributed by atoms with van der Waals surface area (Å²) in [4.78, 5) is 42.8. The number of aromatic nitrogens is 3. The largest absolute Gasteiger partial charge is 0.477 e. The summed E-state index contributed by atoms with van der Waals surface area (Å²) >= 11 is 0. The molecule has 2 N–H and O–H groups in total. The van der Waals surface area contributed by atoms with E-state index in [0.29, 0.717) is 40.4 Å². The second kappa shape index (κ2) is 9.36. The highest BCUT2D eigenvalue weighted by Crippen LogP contribution is 2.54. The molecule has 2 atom stereocenters. The zero-order valence-corrected chi connectivity index (χ0v) is 23.4. The lowest BCUT2D eigenvalue weighted by Crippen LogP contribution is -2.35. The number of carboxylic acid groups (broad SMARTS) is 1. The van der Waals surface area contributed by atoms with E-state index in [1.807, 2.05) is 0 Å². The summed E-state index contributed by atoms with van der Waals surface area (Å²) in [5.74, 6) is -1.43. The van der Waals surface area contributed by atoms with E-state index in [0.717, 1.165) is 48.6 Å². The zero-order chi connectivity index (χ0) is 29.4. The van der Waals surface area contributed by atoms with Crippen molar-refractivity contribution in [2.45, 2.75) is 18.9 Å². The number of likely N-dealkylation sites (N-methyl/N-ethyl adjacent to an activating group) is 1. The van der Waals surface area contributed by atoms with Gasteiger partial charge in [0.2, 0.25) is 11.1 Å². The molecule has 42 heavy (non-hydrogen) atoms. The van der Waals surface area contributed by atoms with E-state index in [1.54, 1.807) is 32.6 Å². The van der Waals surface area contributed by atoms with Gasteiger partial charge in [0.25, 0.3) is 0 Å². The third-order valence-corrected chi connectivity index (χ3v) is 9.04. The van der Waals surface area contributed by atoms with Crippen molar-refractivity contribution in [2.75, 3.05) is 43.9 Å². The fraction of sp³-hybridized carbons (Fsp3) is 0.323. The molecule has 0 radical (unpaired) electrons. The highest BCUT2D eigenvalue weighted by Gasteiger charge is 2.43. The Labute approximate surface area is 240 Å². The average Bonchev–Trinajstić information content (AvgIpc) is 3.66. The number of rotatable bonds is 4. The van der Waals surface area contributed by atoms with Gasteiger partial charge < -0.3 is 24.8 Å². The van der Waals surface area contributed by atoms with E-state index in [1.165, 1.54) is 16.8 Å². The Kier molecular flexibility index (Phi) is 5.81. The van der Waals surface area contributed by atoms with Crippen LogP contribution in [-0.2, 0) is 13.5 Å². The van der Waals surface area contributed by atoms with E-state index >= 15 is 4.39 Å². The number of pyridine rings is 3. The van der Waals surface area contributed by atoms with Crippen molar-refractivity contribution >= 4 is 34.1 Å². The van der Waals surface area contributed by atoms with E-state index in [2.05, 4.69) is 32.0 Å². The number of halogens is 1. The smallest absolute Gasteiger partial charge is 0.341 e. The van der Waals surface area contributed by atoms with Gasteiger partial charge in [-0.15, -0.1) is 0 Å². The Balaban J connectivity index is 1.54. The molecular weight excluding hydrogens is 537 g/mol. The molecule has 3 aromatic heterocycles. The number of aryl methyl sites for hydroxylation is 1. The molecule has 5 heterocycles. The van der Waals surface area contributed by atoms with Crippen molar-refractivity contribution < 1.29 is 14.3 Å². The number of nitrogens with one attached hydrogen (secondary N) is 1. The Morgan fingerprint density at radius 3 is 2.74 bits per heavy atom. The van der Waals surface area contributed by atoms with Crippen LogP contribution in [0.5, 0.6) is 0 Å². The van der Waals surface area contributed by atoms with Gasteiger partial charge in [-0.05, 0) is 37.1 Å². The van der Waals surface area contributed by atoms with Gasteiger partial charge in [0.1, 0.15) is 17.0 Å². The third-order valence-electron chi connectivity index (χ3n) is 9.04. The maximum absolute atomic E-state index is 15.4. The lowest BCUT2D eigenvalue weighted by Gasteiger charge is -2.31. The average molecular weight is 566 g/mol. The summed E-state index contributed by atoms with van der Waals surface area (Å²) in [6.07, 6.45) is 6.17. The number of anilines is 2. The van der Waals surface area contributed by atoms with Gasteiger partial charge in [-0.2, -0.15) is 0 Å². The number of carbonyl (C=O) groups is 1. The van der Waals surface area contributed by atoms with Gasteiger partial charge >= 0.3 is 5.97 Å². The molecule has 2 saturated heterocycles. The highest BCUT2D eigenvalue weighted by molar-refractivity contribution is 6.02. The number of hydrogen-bond donors (Lipinski definition) is 2. The summed E-state index contributed by atoms with van der Waals surface area (Å²) in [5.41, 5.74) is 5.08. The molecule has 0 bridgehead atoms. The van der Waals surface area contributed by atoms with E-state index < -0.39 is 17.2 Å². The predicted octanol–water partition coefficient (Wildman–Crippen LogP) is 4.14. The molecule has 3 aliphatic rings. The van der Waals surface area contributed by atoms with Crippen LogP contribution < -0.4 is 15.6 Å². The number of aromatic carboxylic acids is 1. The molecule has 0 amide bonds. The normalized spacial score (nSPS) is 19.1. The van der Waals surface area contributed by atoms with Gasteiger partial charge in [0, 0.05) is 92.7 Å². The summed E-state index contributed by atoms with van der Waals surface area (Å²) in [7, 11) is 5.50. The fourth-order valence-corrected chi connectivity index (χ4v) is 7.19. The SMILES string of the molecule is [C-]#[N+]c1c(F)cc(NC)c2c1-c1c(ncc(-c3cnc4c(c3)c(=O)c(C(=O)O)cn4C)c1N1CCC3CN(C)CC31)C2. The number of carboxylic acids is 1. The molecule has 1 aliphatic carbocycles.